The normalized spacial score (nSPS) is 14.8. The molecule has 16 heavy (non-hydrogen) atoms. The number of nitrogens with zero attached hydrogens (tertiary/aromatic N) is 3. The van der Waals surface area contributed by atoms with Gasteiger partial charge in [0.1, 0.15) is 0 Å². The third-order valence-corrected chi connectivity index (χ3v) is 2.97. The summed E-state index contributed by atoms with van der Waals surface area (Å²) in [6, 6.07) is 0. The summed E-state index contributed by atoms with van der Waals surface area (Å²) in [7, 11) is 1.48. The van der Waals surface area contributed by atoms with Crippen LogP contribution >= 0.6 is 0 Å². The highest BCUT2D eigenvalue weighted by atomic mass is 19.1. The van der Waals surface area contributed by atoms with Gasteiger partial charge in [0.25, 0.3) is 0 Å². The predicted molar refractivity (Wildman–Crippen MR) is 57.2 cm³/mol. The summed E-state index contributed by atoms with van der Waals surface area (Å²) in [5, 5.41) is 14.4. The Labute approximate surface area is 93.4 Å². The molecular formula is C10H16FN3O2. The zero-order chi connectivity index (χ0) is 12.3. The summed E-state index contributed by atoms with van der Waals surface area (Å²) in [5.41, 5.74) is 0.341. The Bertz CT molecular complexity index is 378. The van der Waals surface area contributed by atoms with Crippen molar-refractivity contribution >= 4 is 0 Å². The second kappa shape index (κ2) is 5.05. The van der Waals surface area contributed by atoms with Crippen molar-refractivity contribution in [1.29, 1.82) is 0 Å². The number of hydrogen-bond donors (Lipinski definition) is 0. The molecule has 2 atom stereocenters. The molecule has 0 amide bonds. The van der Waals surface area contributed by atoms with Gasteiger partial charge in [-0.1, -0.05) is 20.3 Å². The van der Waals surface area contributed by atoms with Crippen LogP contribution in [-0.4, -0.2) is 21.2 Å². The van der Waals surface area contributed by atoms with Crippen LogP contribution < -0.4 is 0 Å². The Hall–Kier alpha value is -1.46. The molecule has 1 aromatic rings. The Kier molecular flexibility index (Phi) is 3.98. The van der Waals surface area contributed by atoms with Crippen molar-refractivity contribution < 1.29 is 9.31 Å². The van der Waals surface area contributed by atoms with Crippen molar-refractivity contribution in [1.82, 2.24) is 9.78 Å². The van der Waals surface area contributed by atoms with E-state index in [1.54, 1.807) is 0 Å². The summed E-state index contributed by atoms with van der Waals surface area (Å²) < 4.78 is 14.7. The van der Waals surface area contributed by atoms with E-state index in [0.717, 1.165) is 11.1 Å². The molecule has 0 spiro atoms. The highest BCUT2D eigenvalue weighted by molar-refractivity contribution is 5.14. The van der Waals surface area contributed by atoms with Crippen molar-refractivity contribution in [3.05, 3.63) is 27.8 Å². The van der Waals surface area contributed by atoms with Crippen molar-refractivity contribution in [2.45, 2.75) is 26.2 Å². The molecule has 6 heteroatoms. The fourth-order valence-corrected chi connectivity index (χ4v) is 1.72. The maximum absolute atomic E-state index is 13.6. The van der Waals surface area contributed by atoms with Crippen LogP contribution in [0, 0.1) is 22.0 Å². The first-order valence-electron chi connectivity index (χ1n) is 5.26. The zero-order valence-electron chi connectivity index (χ0n) is 9.68. The van der Waals surface area contributed by atoms with E-state index in [4.69, 9.17) is 0 Å². The molecule has 1 aromatic heterocycles. The summed E-state index contributed by atoms with van der Waals surface area (Å²) >= 11 is 0. The molecule has 0 aliphatic heterocycles. The number of hydrogen-bond acceptors (Lipinski definition) is 3. The van der Waals surface area contributed by atoms with Gasteiger partial charge in [-0.05, 0) is 5.92 Å². The first kappa shape index (κ1) is 12.6. The maximum Gasteiger partial charge on any atom is 0.214 e. The van der Waals surface area contributed by atoms with Crippen LogP contribution in [0.4, 0.5) is 4.39 Å². The molecule has 0 aliphatic rings. The molecule has 1 unspecified atom stereocenters. The van der Waals surface area contributed by atoms with Gasteiger partial charge in [0, 0.05) is 17.5 Å². The molecular weight excluding hydrogens is 213 g/mol. The number of aromatic nitrogens is 2. The molecule has 1 heterocycles. The second-order valence-electron chi connectivity index (χ2n) is 4.02. The van der Waals surface area contributed by atoms with E-state index in [9.17, 15) is 14.5 Å². The lowest BCUT2D eigenvalue weighted by Crippen LogP contribution is -2.20. The second-order valence-corrected chi connectivity index (χ2v) is 4.02. The molecule has 0 saturated carbocycles. The van der Waals surface area contributed by atoms with E-state index in [2.05, 4.69) is 5.10 Å². The molecule has 5 nitrogen and oxygen atoms in total. The van der Waals surface area contributed by atoms with Crippen molar-refractivity contribution in [3.8, 4) is 0 Å². The molecule has 0 aliphatic carbocycles. The van der Waals surface area contributed by atoms with Gasteiger partial charge in [-0.25, -0.2) is 4.68 Å². The van der Waals surface area contributed by atoms with E-state index in [-0.39, 0.29) is 12.5 Å². The molecule has 90 valence electrons. The third-order valence-electron chi connectivity index (χ3n) is 2.97. The van der Waals surface area contributed by atoms with Crippen LogP contribution in [0.1, 0.15) is 31.7 Å². The molecule has 0 bridgehead atoms. The van der Waals surface area contributed by atoms with Crippen LogP contribution in [-0.2, 0) is 7.05 Å². The highest BCUT2D eigenvalue weighted by Crippen LogP contribution is 2.28. The molecule has 1 rings (SSSR count). The first-order chi connectivity index (χ1) is 7.47. The van der Waals surface area contributed by atoms with Gasteiger partial charge in [-0.15, -0.1) is 0 Å². The van der Waals surface area contributed by atoms with Crippen LogP contribution in [0.25, 0.3) is 0 Å². The highest BCUT2D eigenvalue weighted by Gasteiger charge is 2.28. The van der Waals surface area contributed by atoms with Gasteiger partial charge >= 0.3 is 0 Å². The van der Waals surface area contributed by atoms with Crippen LogP contribution in [0.15, 0.2) is 6.20 Å². The molecule has 0 fully saturated rings. The minimum Gasteiger partial charge on any atom is -0.265 e. The minimum absolute atomic E-state index is 0.0594. The largest absolute Gasteiger partial charge is 0.265 e. The van der Waals surface area contributed by atoms with Crippen molar-refractivity contribution in [2.75, 3.05) is 6.54 Å². The van der Waals surface area contributed by atoms with E-state index in [1.807, 2.05) is 13.8 Å². The van der Waals surface area contributed by atoms with Gasteiger partial charge in [0.15, 0.2) is 0 Å². The van der Waals surface area contributed by atoms with E-state index >= 15 is 0 Å². The van der Waals surface area contributed by atoms with Crippen molar-refractivity contribution in [3.63, 3.8) is 0 Å². The third kappa shape index (κ3) is 2.56. The van der Waals surface area contributed by atoms with Crippen LogP contribution in [0.5, 0.6) is 0 Å². The van der Waals surface area contributed by atoms with E-state index in [0.29, 0.717) is 5.56 Å². The number of rotatable bonds is 5. The lowest BCUT2D eigenvalue weighted by molar-refractivity contribution is -0.484. The van der Waals surface area contributed by atoms with Gasteiger partial charge in [0.2, 0.25) is 12.5 Å². The lowest BCUT2D eigenvalue weighted by Gasteiger charge is -2.17. The van der Waals surface area contributed by atoms with Gasteiger partial charge in [-0.2, -0.15) is 9.49 Å². The predicted octanol–water partition coefficient (Wildman–Crippen LogP) is 1.97. The number of nitro groups is 1. The molecule has 0 saturated heterocycles. The fraction of sp³-hybridized carbons (Fsp3) is 0.700. The van der Waals surface area contributed by atoms with E-state index < -0.39 is 16.8 Å². The molecule has 0 radical (unpaired) electrons. The van der Waals surface area contributed by atoms with Crippen molar-refractivity contribution in [2.24, 2.45) is 13.0 Å². The van der Waals surface area contributed by atoms with E-state index in [1.165, 1.54) is 13.2 Å². The standard InChI is InChI=1S/C10H16FN3O2/c1-4-7(2)9(6-14(15)16)8-5-12-13(3)10(8)11/h5,7,9H,4,6H2,1-3H3/t7?,9-/m0/s1. The topological polar surface area (TPSA) is 61.0 Å². The van der Waals surface area contributed by atoms with Crippen LogP contribution in [0.2, 0.25) is 0 Å². The Balaban J connectivity index is 3.00. The van der Waals surface area contributed by atoms with Crippen LogP contribution in [0.3, 0.4) is 0 Å². The molecule has 0 N–H and O–H groups in total. The number of halogens is 1. The summed E-state index contributed by atoms with van der Waals surface area (Å²) in [5.74, 6) is -0.829. The summed E-state index contributed by atoms with van der Waals surface area (Å²) in [4.78, 5) is 10.2. The Morgan fingerprint density at radius 1 is 1.69 bits per heavy atom. The van der Waals surface area contributed by atoms with Gasteiger partial charge in [0.05, 0.1) is 12.1 Å². The zero-order valence-corrected chi connectivity index (χ0v) is 9.68. The Morgan fingerprint density at radius 3 is 2.69 bits per heavy atom. The van der Waals surface area contributed by atoms with Gasteiger partial charge < -0.3 is 0 Å². The summed E-state index contributed by atoms with van der Waals surface area (Å²) in [6.45, 7) is 3.57. The average Bonchev–Trinajstić information content (AvgIpc) is 2.55. The monoisotopic (exact) mass is 229 g/mol. The first-order valence-corrected chi connectivity index (χ1v) is 5.26. The average molecular weight is 229 g/mol. The lowest BCUT2D eigenvalue weighted by atomic mass is 9.87. The molecule has 0 aromatic carbocycles. The van der Waals surface area contributed by atoms with Gasteiger partial charge in [-0.3, -0.25) is 10.1 Å². The fourth-order valence-electron chi connectivity index (χ4n) is 1.72. The Morgan fingerprint density at radius 2 is 2.31 bits per heavy atom. The smallest absolute Gasteiger partial charge is 0.214 e. The maximum atomic E-state index is 13.6. The number of aryl methyl sites for hydroxylation is 1. The minimum atomic E-state index is -0.479. The quantitative estimate of drug-likeness (QED) is 0.572. The summed E-state index contributed by atoms with van der Waals surface area (Å²) in [6.07, 6.45) is 2.16. The SMILES string of the molecule is CCC(C)[C@H](C[N+](=O)[O-])c1cnn(C)c1F.